The molecule has 0 unspecified atom stereocenters. The first-order valence-corrected chi connectivity index (χ1v) is 11.7. The molecule has 0 radical (unpaired) electrons. The molecule has 0 atom stereocenters. The molecular formula is C25H29Cl2N5O2. The summed E-state index contributed by atoms with van der Waals surface area (Å²) in [7, 11) is 0. The van der Waals surface area contributed by atoms with E-state index in [0.29, 0.717) is 33.8 Å². The van der Waals surface area contributed by atoms with Gasteiger partial charge in [-0.25, -0.2) is 9.48 Å². The zero-order chi connectivity index (χ0) is 25.0. The molecule has 0 aliphatic carbocycles. The number of urea groups is 1. The summed E-state index contributed by atoms with van der Waals surface area (Å²) >= 11 is 12.5. The number of nitrogens with one attached hydrogen (secondary N) is 2. The number of rotatable bonds is 6. The number of carbonyl (C=O) groups is 2. The first kappa shape index (κ1) is 25.6. The average Bonchev–Trinajstić information content (AvgIpc) is 3.18. The zero-order valence-electron chi connectivity index (χ0n) is 19.9. The predicted molar refractivity (Wildman–Crippen MR) is 138 cm³/mol. The fourth-order valence-electron chi connectivity index (χ4n) is 3.20. The number of carbonyl (C=O) groups excluding carboxylic acids is 2. The van der Waals surface area contributed by atoms with Crippen LogP contribution in [0.25, 0.3) is 5.69 Å². The SMILES string of the molecule is CCN(CC(=O)Nc1cc(C(C)(C)C)nn1-c1ccccc1Cl)C(=O)Nc1ccc(C)c(Cl)c1. The minimum atomic E-state index is -0.396. The van der Waals surface area contributed by atoms with E-state index in [0.717, 1.165) is 11.3 Å². The van der Waals surface area contributed by atoms with Crippen LogP contribution in [-0.4, -0.2) is 39.7 Å². The van der Waals surface area contributed by atoms with Crippen LogP contribution in [0, 0.1) is 6.92 Å². The molecular weight excluding hydrogens is 473 g/mol. The minimum Gasteiger partial charge on any atom is -0.315 e. The van der Waals surface area contributed by atoms with Crippen LogP contribution in [0.15, 0.2) is 48.5 Å². The van der Waals surface area contributed by atoms with Crippen LogP contribution in [0.4, 0.5) is 16.3 Å². The predicted octanol–water partition coefficient (Wildman–Crippen LogP) is 6.28. The summed E-state index contributed by atoms with van der Waals surface area (Å²) in [6.07, 6.45) is 0. The monoisotopic (exact) mass is 501 g/mol. The highest BCUT2D eigenvalue weighted by Gasteiger charge is 2.23. The Labute approximate surface area is 210 Å². The van der Waals surface area contributed by atoms with E-state index >= 15 is 0 Å². The number of aryl methyl sites for hydroxylation is 1. The van der Waals surface area contributed by atoms with Gasteiger partial charge in [0.2, 0.25) is 5.91 Å². The maximum Gasteiger partial charge on any atom is 0.322 e. The van der Waals surface area contributed by atoms with E-state index < -0.39 is 6.03 Å². The molecule has 0 saturated heterocycles. The van der Waals surface area contributed by atoms with Crippen molar-refractivity contribution in [1.82, 2.24) is 14.7 Å². The molecule has 3 rings (SSSR count). The van der Waals surface area contributed by atoms with E-state index in [2.05, 4.69) is 15.7 Å². The number of anilines is 2. The standard InChI is InChI=1S/C25H29Cl2N5O2/c1-6-31(24(34)28-17-12-11-16(2)19(27)13-17)15-23(33)29-22-14-21(25(3,4)5)30-32(22)20-10-8-7-9-18(20)26/h7-14H,6,15H2,1-5H3,(H,28,34)(H,29,33). The van der Waals surface area contributed by atoms with Gasteiger partial charge in [-0.2, -0.15) is 5.10 Å². The number of para-hydroxylation sites is 1. The second-order valence-electron chi connectivity index (χ2n) is 8.98. The topological polar surface area (TPSA) is 79.3 Å². The molecule has 180 valence electrons. The Morgan fingerprint density at radius 3 is 2.35 bits per heavy atom. The molecule has 1 aromatic heterocycles. The van der Waals surface area contributed by atoms with Crippen LogP contribution < -0.4 is 10.6 Å². The van der Waals surface area contributed by atoms with Crippen molar-refractivity contribution in [2.45, 2.75) is 40.0 Å². The number of hydrogen-bond donors (Lipinski definition) is 2. The molecule has 7 nitrogen and oxygen atoms in total. The van der Waals surface area contributed by atoms with Gasteiger partial charge in [0.05, 0.1) is 16.4 Å². The zero-order valence-corrected chi connectivity index (χ0v) is 21.5. The van der Waals surface area contributed by atoms with Crippen molar-refractivity contribution in [3.05, 3.63) is 69.8 Å². The summed E-state index contributed by atoms with van der Waals surface area (Å²) in [6, 6.07) is 14.0. The van der Waals surface area contributed by atoms with Crippen LogP contribution in [0.5, 0.6) is 0 Å². The lowest BCUT2D eigenvalue weighted by Crippen LogP contribution is -2.40. The minimum absolute atomic E-state index is 0.138. The number of halogens is 2. The van der Waals surface area contributed by atoms with E-state index in [9.17, 15) is 9.59 Å². The van der Waals surface area contributed by atoms with E-state index in [1.165, 1.54) is 4.90 Å². The van der Waals surface area contributed by atoms with Crippen molar-refractivity contribution < 1.29 is 9.59 Å². The second kappa shape index (κ2) is 10.5. The van der Waals surface area contributed by atoms with Gasteiger partial charge >= 0.3 is 6.03 Å². The largest absolute Gasteiger partial charge is 0.322 e. The first-order chi connectivity index (χ1) is 16.0. The lowest BCUT2D eigenvalue weighted by molar-refractivity contribution is -0.116. The molecule has 2 aromatic carbocycles. The normalized spacial score (nSPS) is 11.3. The fraction of sp³-hybridized carbons (Fsp3) is 0.320. The Morgan fingerprint density at radius 2 is 1.74 bits per heavy atom. The fourth-order valence-corrected chi connectivity index (χ4v) is 3.60. The summed E-state index contributed by atoms with van der Waals surface area (Å²) < 4.78 is 1.62. The molecule has 9 heteroatoms. The van der Waals surface area contributed by atoms with Gasteiger partial charge in [-0.15, -0.1) is 0 Å². The van der Waals surface area contributed by atoms with Crippen LogP contribution in [0.3, 0.4) is 0 Å². The lowest BCUT2D eigenvalue weighted by atomic mass is 9.92. The third kappa shape index (κ3) is 6.10. The van der Waals surface area contributed by atoms with Crippen molar-refractivity contribution in [1.29, 1.82) is 0 Å². The van der Waals surface area contributed by atoms with Crippen molar-refractivity contribution >= 4 is 46.6 Å². The van der Waals surface area contributed by atoms with Crippen LogP contribution in [0.1, 0.15) is 39.0 Å². The summed E-state index contributed by atoms with van der Waals surface area (Å²) in [4.78, 5) is 27.1. The molecule has 0 spiro atoms. The van der Waals surface area contributed by atoms with Gasteiger partial charge < -0.3 is 15.5 Å². The van der Waals surface area contributed by atoms with Crippen molar-refractivity contribution in [2.75, 3.05) is 23.7 Å². The summed E-state index contributed by atoms with van der Waals surface area (Å²) in [5.74, 6) is 0.123. The van der Waals surface area contributed by atoms with Crippen molar-refractivity contribution in [3.8, 4) is 5.69 Å². The Kier molecular flexibility index (Phi) is 7.89. The first-order valence-electron chi connectivity index (χ1n) is 11.0. The highest BCUT2D eigenvalue weighted by Crippen LogP contribution is 2.29. The van der Waals surface area contributed by atoms with E-state index in [-0.39, 0.29) is 17.9 Å². The molecule has 0 bridgehead atoms. The maximum absolute atomic E-state index is 12.9. The summed E-state index contributed by atoms with van der Waals surface area (Å²) in [6.45, 7) is 10.0. The number of benzene rings is 2. The van der Waals surface area contributed by atoms with Gasteiger partial charge in [0.25, 0.3) is 0 Å². The van der Waals surface area contributed by atoms with Crippen molar-refractivity contribution in [3.63, 3.8) is 0 Å². The lowest BCUT2D eigenvalue weighted by Gasteiger charge is -2.21. The summed E-state index contributed by atoms with van der Waals surface area (Å²) in [5.41, 5.74) is 2.68. The van der Waals surface area contributed by atoms with Crippen LogP contribution in [0.2, 0.25) is 10.0 Å². The highest BCUT2D eigenvalue weighted by molar-refractivity contribution is 6.32. The van der Waals surface area contributed by atoms with Crippen LogP contribution in [-0.2, 0) is 10.2 Å². The van der Waals surface area contributed by atoms with E-state index in [1.54, 1.807) is 29.8 Å². The molecule has 1 heterocycles. The average molecular weight is 502 g/mol. The Morgan fingerprint density at radius 1 is 1.03 bits per heavy atom. The number of amides is 3. The Balaban J connectivity index is 1.78. The maximum atomic E-state index is 12.9. The van der Waals surface area contributed by atoms with E-state index in [1.807, 2.05) is 58.0 Å². The molecule has 0 saturated carbocycles. The molecule has 0 fully saturated rings. The summed E-state index contributed by atoms with van der Waals surface area (Å²) in [5, 5.41) is 11.4. The third-order valence-corrected chi connectivity index (χ3v) is 5.98. The molecule has 0 aliphatic rings. The number of hydrogen-bond acceptors (Lipinski definition) is 3. The molecule has 3 aromatic rings. The second-order valence-corrected chi connectivity index (χ2v) is 9.80. The van der Waals surface area contributed by atoms with Crippen molar-refractivity contribution in [2.24, 2.45) is 0 Å². The highest BCUT2D eigenvalue weighted by atomic mass is 35.5. The van der Waals surface area contributed by atoms with Crippen LogP contribution >= 0.6 is 23.2 Å². The number of nitrogens with zero attached hydrogens (tertiary/aromatic N) is 3. The van der Waals surface area contributed by atoms with E-state index in [4.69, 9.17) is 23.2 Å². The van der Waals surface area contributed by atoms with Gasteiger partial charge in [0.15, 0.2) is 0 Å². The quantitative estimate of drug-likeness (QED) is 0.417. The Hall–Kier alpha value is -3.03. The van der Waals surface area contributed by atoms with Gasteiger partial charge in [0.1, 0.15) is 12.4 Å². The molecule has 2 N–H and O–H groups in total. The van der Waals surface area contributed by atoms with Gasteiger partial charge in [-0.1, -0.05) is 62.2 Å². The van der Waals surface area contributed by atoms with Gasteiger partial charge in [-0.05, 0) is 43.7 Å². The number of likely N-dealkylation sites (N-methyl/N-ethyl adjacent to an activating group) is 1. The molecule has 3 amide bonds. The van der Waals surface area contributed by atoms with Gasteiger partial charge in [-0.3, -0.25) is 4.79 Å². The molecule has 0 aliphatic heterocycles. The third-order valence-electron chi connectivity index (χ3n) is 5.25. The van der Waals surface area contributed by atoms with Gasteiger partial charge in [0, 0.05) is 28.7 Å². The number of aromatic nitrogens is 2. The molecule has 34 heavy (non-hydrogen) atoms. The smallest absolute Gasteiger partial charge is 0.315 e. The Bertz CT molecular complexity index is 1200.